The first-order valence-electron chi connectivity index (χ1n) is 7.11. The van der Waals surface area contributed by atoms with Gasteiger partial charge in [-0.2, -0.15) is 4.98 Å². The summed E-state index contributed by atoms with van der Waals surface area (Å²) in [6.45, 7) is 4.10. The second-order valence-electron chi connectivity index (χ2n) is 4.91. The minimum atomic E-state index is -0.496. The zero-order valence-corrected chi connectivity index (χ0v) is 13.3. The molecule has 2 aromatic rings. The van der Waals surface area contributed by atoms with Crippen molar-refractivity contribution in [2.24, 2.45) is 0 Å². The van der Waals surface area contributed by atoms with Gasteiger partial charge in [0.2, 0.25) is 5.88 Å². The molecule has 0 aliphatic heterocycles. The summed E-state index contributed by atoms with van der Waals surface area (Å²) in [6.07, 6.45) is 0.456. The third kappa shape index (κ3) is 3.55. The maximum Gasteiger partial charge on any atom is 0.420 e. The highest BCUT2D eigenvalue weighted by Crippen LogP contribution is 2.20. The zero-order valence-electron chi connectivity index (χ0n) is 13.3. The first-order chi connectivity index (χ1) is 10.5. The van der Waals surface area contributed by atoms with Crippen LogP contribution in [-0.2, 0) is 6.42 Å². The third-order valence-corrected chi connectivity index (χ3v) is 3.44. The van der Waals surface area contributed by atoms with E-state index in [0.29, 0.717) is 17.4 Å². The van der Waals surface area contributed by atoms with E-state index < -0.39 is 6.09 Å². The predicted molar refractivity (Wildman–Crippen MR) is 85.8 cm³/mol. The number of aryl methyl sites for hydroxylation is 2. The molecular formula is C17H20N2O3. The molecule has 1 amide bonds. The smallest absolute Gasteiger partial charge is 0.420 e. The van der Waals surface area contributed by atoms with Crippen LogP contribution in [0.1, 0.15) is 18.1 Å². The lowest BCUT2D eigenvalue weighted by atomic mass is 10.1. The largest absolute Gasteiger partial charge is 0.481 e. The first-order valence-corrected chi connectivity index (χ1v) is 7.11. The monoisotopic (exact) mass is 300 g/mol. The van der Waals surface area contributed by atoms with Crippen LogP contribution in [0.5, 0.6) is 11.6 Å². The molecule has 0 saturated heterocycles. The van der Waals surface area contributed by atoms with Gasteiger partial charge in [0.05, 0.1) is 7.11 Å². The van der Waals surface area contributed by atoms with E-state index in [1.165, 1.54) is 17.6 Å². The van der Waals surface area contributed by atoms with E-state index in [9.17, 15) is 4.79 Å². The van der Waals surface area contributed by atoms with Gasteiger partial charge in [0.1, 0.15) is 11.6 Å². The molecule has 1 aromatic heterocycles. The Labute approximate surface area is 130 Å². The van der Waals surface area contributed by atoms with Crippen molar-refractivity contribution in [1.29, 1.82) is 0 Å². The van der Waals surface area contributed by atoms with Crippen molar-refractivity contribution < 1.29 is 14.3 Å². The predicted octanol–water partition coefficient (Wildman–Crippen LogP) is 3.60. The van der Waals surface area contributed by atoms with Gasteiger partial charge < -0.3 is 9.47 Å². The number of aromatic nitrogens is 1. The van der Waals surface area contributed by atoms with Crippen LogP contribution in [0.4, 0.5) is 10.6 Å². The topological polar surface area (TPSA) is 51.7 Å². The summed E-state index contributed by atoms with van der Waals surface area (Å²) in [4.78, 5) is 17.7. The van der Waals surface area contributed by atoms with Gasteiger partial charge in [-0.05, 0) is 42.7 Å². The van der Waals surface area contributed by atoms with Crippen molar-refractivity contribution in [3.8, 4) is 11.6 Å². The molecule has 2 rings (SSSR count). The summed E-state index contributed by atoms with van der Waals surface area (Å²) in [5.41, 5.74) is 2.34. The number of carbonyl (C=O) groups excluding carboxylic acids is 1. The van der Waals surface area contributed by atoms with Gasteiger partial charge in [0.15, 0.2) is 0 Å². The van der Waals surface area contributed by atoms with E-state index >= 15 is 0 Å². The molecule has 0 bridgehead atoms. The Hall–Kier alpha value is -2.56. The van der Waals surface area contributed by atoms with Crippen LogP contribution < -0.4 is 14.4 Å². The minimum Gasteiger partial charge on any atom is -0.481 e. The van der Waals surface area contributed by atoms with Gasteiger partial charge in [-0.15, -0.1) is 0 Å². The van der Waals surface area contributed by atoms with Crippen molar-refractivity contribution >= 4 is 11.9 Å². The van der Waals surface area contributed by atoms with Crippen LogP contribution in [0.25, 0.3) is 0 Å². The molecule has 116 valence electrons. The molecule has 0 N–H and O–H groups in total. The highest BCUT2D eigenvalue weighted by molar-refractivity contribution is 5.87. The second-order valence-corrected chi connectivity index (χ2v) is 4.91. The van der Waals surface area contributed by atoms with E-state index in [4.69, 9.17) is 9.47 Å². The second kappa shape index (κ2) is 6.93. The number of pyridine rings is 1. The van der Waals surface area contributed by atoms with E-state index in [1.54, 1.807) is 31.3 Å². The van der Waals surface area contributed by atoms with Gasteiger partial charge in [0.25, 0.3) is 0 Å². The molecule has 1 heterocycles. The summed E-state index contributed by atoms with van der Waals surface area (Å²) >= 11 is 0. The molecule has 5 nitrogen and oxygen atoms in total. The lowest BCUT2D eigenvalue weighted by Gasteiger charge is -2.16. The Morgan fingerprint density at radius 2 is 2.05 bits per heavy atom. The number of ether oxygens (including phenoxy) is 2. The highest BCUT2D eigenvalue weighted by atomic mass is 16.6. The molecule has 0 fully saturated rings. The van der Waals surface area contributed by atoms with E-state index in [1.807, 2.05) is 19.1 Å². The Morgan fingerprint density at radius 3 is 2.68 bits per heavy atom. The van der Waals surface area contributed by atoms with Crippen LogP contribution in [0.15, 0.2) is 36.4 Å². The molecule has 0 saturated carbocycles. The average molecular weight is 300 g/mol. The van der Waals surface area contributed by atoms with Crippen LogP contribution in [0, 0.1) is 6.92 Å². The molecule has 0 spiro atoms. The van der Waals surface area contributed by atoms with Gasteiger partial charge in [-0.3, -0.25) is 4.90 Å². The number of methoxy groups -OCH3 is 1. The van der Waals surface area contributed by atoms with E-state index in [0.717, 1.165) is 12.0 Å². The van der Waals surface area contributed by atoms with Gasteiger partial charge in [-0.1, -0.05) is 19.1 Å². The molecule has 0 atom stereocenters. The number of hydrogen-bond acceptors (Lipinski definition) is 4. The maximum absolute atomic E-state index is 12.2. The molecule has 1 aromatic carbocycles. The van der Waals surface area contributed by atoms with Gasteiger partial charge in [-0.25, -0.2) is 4.79 Å². The Bertz CT molecular complexity index is 671. The summed E-state index contributed by atoms with van der Waals surface area (Å²) in [7, 11) is 3.14. The number of amides is 1. The summed E-state index contributed by atoms with van der Waals surface area (Å²) in [5, 5.41) is 0. The number of hydrogen-bond donors (Lipinski definition) is 0. The fourth-order valence-electron chi connectivity index (χ4n) is 2.10. The zero-order chi connectivity index (χ0) is 16.1. The van der Waals surface area contributed by atoms with E-state index in [-0.39, 0.29) is 0 Å². The molecule has 22 heavy (non-hydrogen) atoms. The van der Waals surface area contributed by atoms with Crippen molar-refractivity contribution in [2.45, 2.75) is 20.3 Å². The maximum atomic E-state index is 12.2. The fraction of sp³-hybridized carbons (Fsp3) is 0.294. The van der Waals surface area contributed by atoms with Crippen molar-refractivity contribution in [2.75, 3.05) is 19.1 Å². The molecule has 5 heteroatoms. The molecule has 0 radical (unpaired) electrons. The Kier molecular flexibility index (Phi) is 4.99. The summed E-state index contributed by atoms with van der Waals surface area (Å²) < 4.78 is 10.4. The van der Waals surface area contributed by atoms with E-state index in [2.05, 4.69) is 11.9 Å². The number of nitrogens with zero attached hydrogens (tertiary/aromatic N) is 2. The molecule has 0 unspecified atom stereocenters. The number of rotatable bonds is 4. The van der Waals surface area contributed by atoms with Crippen molar-refractivity contribution in [3.63, 3.8) is 0 Å². The van der Waals surface area contributed by atoms with Crippen molar-refractivity contribution in [3.05, 3.63) is 47.5 Å². The molecule has 0 aliphatic carbocycles. The van der Waals surface area contributed by atoms with Crippen LogP contribution in [0.3, 0.4) is 0 Å². The summed E-state index contributed by atoms with van der Waals surface area (Å²) in [6, 6.07) is 10.8. The normalized spacial score (nSPS) is 10.2. The Morgan fingerprint density at radius 1 is 1.27 bits per heavy atom. The van der Waals surface area contributed by atoms with Crippen molar-refractivity contribution in [1.82, 2.24) is 4.98 Å². The van der Waals surface area contributed by atoms with Crippen LogP contribution in [-0.4, -0.2) is 25.2 Å². The number of anilines is 1. The van der Waals surface area contributed by atoms with Crippen LogP contribution >= 0.6 is 0 Å². The lowest BCUT2D eigenvalue weighted by Crippen LogP contribution is -2.30. The minimum absolute atomic E-state index is 0.445. The standard InChI is InChI=1S/C17H20N2O3/c1-5-13-9-10-14(11-12(13)2)22-17(20)19(3)15-7-6-8-16(18-15)21-4/h6-11H,5H2,1-4H3. The van der Waals surface area contributed by atoms with Gasteiger partial charge in [0, 0.05) is 13.1 Å². The number of benzene rings is 1. The number of carbonyl (C=O) groups is 1. The first kappa shape index (κ1) is 15.8. The average Bonchev–Trinajstić information content (AvgIpc) is 2.54. The Balaban J connectivity index is 2.12. The fourth-order valence-corrected chi connectivity index (χ4v) is 2.10. The SMILES string of the molecule is CCc1ccc(OC(=O)N(C)c2cccc(OC)n2)cc1C. The molecule has 0 aliphatic rings. The lowest BCUT2D eigenvalue weighted by molar-refractivity contribution is 0.209. The molecular weight excluding hydrogens is 280 g/mol. The summed E-state index contributed by atoms with van der Waals surface area (Å²) in [5.74, 6) is 1.43. The van der Waals surface area contributed by atoms with Crippen LogP contribution in [0.2, 0.25) is 0 Å². The highest BCUT2D eigenvalue weighted by Gasteiger charge is 2.15. The van der Waals surface area contributed by atoms with Gasteiger partial charge >= 0.3 is 6.09 Å². The quantitative estimate of drug-likeness (QED) is 0.865. The third-order valence-electron chi connectivity index (χ3n) is 3.44.